The van der Waals surface area contributed by atoms with Crippen LogP contribution in [-0.2, 0) is 4.79 Å². The second-order valence-electron chi connectivity index (χ2n) is 2.31. The maximum atomic E-state index is 12.8. The molecule has 1 aromatic carbocycles. The van der Waals surface area contributed by atoms with Crippen LogP contribution in [0.4, 0.5) is 4.39 Å². The number of halogens is 1. The summed E-state index contributed by atoms with van der Waals surface area (Å²) in [6.45, 7) is 0. The highest BCUT2D eigenvalue weighted by molar-refractivity contribution is 5.60. The molecule has 0 aliphatic rings. The summed E-state index contributed by atoms with van der Waals surface area (Å²) in [5, 5.41) is 0. The van der Waals surface area contributed by atoms with Crippen molar-refractivity contribution in [3.05, 3.63) is 29.8 Å². The minimum Gasteiger partial charge on any atom is -0.497 e. The van der Waals surface area contributed by atoms with Crippen LogP contribution in [0.3, 0.4) is 0 Å². The van der Waals surface area contributed by atoms with Gasteiger partial charge in [-0.1, -0.05) is 12.1 Å². The van der Waals surface area contributed by atoms with Crippen LogP contribution >= 0.6 is 0 Å². The fourth-order valence-corrected chi connectivity index (χ4v) is 0.892. The molecule has 64 valence electrons. The minimum absolute atomic E-state index is 0.259. The van der Waals surface area contributed by atoms with Crippen LogP contribution < -0.4 is 4.74 Å². The van der Waals surface area contributed by atoms with Gasteiger partial charge in [-0.2, -0.15) is 0 Å². The van der Waals surface area contributed by atoms with E-state index in [9.17, 15) is 9.18 Å². The molecule has 0 heterocycles. The van der Waals surface area contributed by atoms with Crippen LogP contribution in [0, 0.1) is 0 Å². The van der Waals surface area contributed by atoms with E-state index < -0.39 is 6.17 Å². The van der Waals surface area contributed by atoms with Crippen LogP contribution in [0.1, 0.15) is 11.7 Å². The van der Waals surface area contributed by atoms with Crippen LogP contribution in [0.15, 0.2) is 24.3 Å². The molecular formula is C9H9FO2. The van der Waals surface area contributed by atoms with Crippen LogP contribution in [-0.4, -0.2) is 13.4 Å². The summed E-state index contributed by atoms with van der Waals surface area (Å²) in [5.41, 5.74) is 0.323. The quantitative estimate of drug-likeness (QED) is 0.644. The molecule has 0 fully saturated rings. The van der Waals surface area contributed by atoms with Crippen molar-refractivity contribution in [2.45, 2.75) is 6.17 Å². The summed E-state index contributed by atoms with van der Waals surface area (Å²) < 4.78 is 17.6. The van der Waals surface area contributed by atoms with Crippen LogP contribution in [0.2, 0.25) is 0 Å². The first kappa shape index (κ1) is 8.71. The van der Waals surface area contributed by atoms with E-state index in [2.05, 4.69) is 0 Å². The summed E-state index contributed by atoms with van der Waals surface area (Å²) in [4.78, 5) is 10.1. The van der Waals surface area contributed by atoms with Crippen molar-refractivity contribution >= 4 is 6.29 Å². The Morgan fingerprint density at radius 1 is 1.58 bits per heavy atom. The molecule has 0 saturated heterocycles. The standard InChI is InChI=1S/C9H9FO2/c1-12-8-4-2-3-7(5-8)9(10)6-11/h2-6,9H,1H3/t9-/m1/s1. The van der Waals surface area contributed by atoms with Crippen molar-refractivity contribution in [1.29, 1.82) is 0 Å². The third-order valence-corrected chi connectivity index (χ3v) is 1.53. The Bertz CT molecular complexity index is 273. The molecule has 0 N–H and O–H groups in total. The van der Waals surface area contributed by atoms with Gasteiger partial charge in [-0.05, 0) is 17.7 Å². The van der Waals surface area contributed by atoms with Gasteiger partial charge in [-0.15, -0.1) is 0 Å². The van der Waals surface area contributed by atoms with E-state index in [1.54, 1.807) is 18.2 Å². The second-order valence-corrected chi connectivity index (χ2v) is 2.31. The lowest BCUT2D eigenvalue weighted by Crippen LogP contribution is -1.93. The fraction of sp³-hybridized carbons (Fsp3) is 0.222. The van der Waals surface area contributed by atoms with Crippen molar-refractivity contribution in [3.8, 4) is 5.75 Å². The zero-order chi connectivity index (χ0) is 8.97. The van der Waals surface area contributed by atoms with E-state index in [0.717, 1.165) is 0 Å². The SMILES string of the molecule is COc1cccc([C@H](F)C=O)c1. The first-order valence-corrected chi connectivity index (χ1v) is 3.51. The highest BCUT2D eigenvalue weighted by Gasteiger charge is 2.07. The lowest BCUT2D eigenvalue weighted by Gasteiger charge is -2.03. The number of carbonyl (C=O) groups excluding carboxylic acids is 1. The number of rotatable bonds is 3. The van der Waals surface area contributed by atoms with Crippen molar-refractivity contribution < 1.29 is 13.9 Å². The molecule has 12 heavy (non-hydrogen) atoms. The van der Waals surface area contributed by atoms with Crippen molar-refractivity contribution in [3.63, 3.8) is 0 Å². The number of alkyl halides is 1. The summed E-state index contributed by atoms with van der Waals surface area (Å²) in [5.74, 6) is 0.553. The van der Waals surface area contributed by atoms with Crippen molar-refractivity contribution in [2.75, 3.05) is 7.11 Å². The highest BCUT2D eigenvalue weighted by Crippen LogP contribution is 2.19. The van der Waals surface area contributed by atoms with Crippen molar-refractivity contribution in [1.82, 2.24) is 0 Å². The van der Waals surface area contributed by atoms with Crippen LogP contribution in [0.25, 0.3) is 0 Å². The second kappa shape index (κ2) is 3.85. The Kier molecular flexibility index (Phi) is 2.80. The molecule has 0 aliphatic carbocycles. The van der Waals surface area contributed by atoms with Crippen molar-refractivity contribution in [2.24, 2.45) is 0 Å². The number of methoxy groups -OCH3 is 1. The molecule has 1 aromatic rings. The third kappa shape index (κ3) is 1.81. The highest BCUT2D eigenvalue weighted by atomic mass is 19.1. The molecule has 0 unspecified atom stereocenters. The van der Waals surface area contributed by atoms with Gasteiger partial charge in [-0.3, -0.25) is 4.79 Å². The summed E-state index contributed by atoms with van der Waals surface area (Å²) >= 11 is 0. The number of aldehydes is 1. The minimum atomic E-state index is -1.56. The number of ether oxygens (including phenoxy) is 1. The molecule has 1 rings (SSSR count). The first-order chi connectivity index (χ1) is 5.77. The zero-order valence-electron chi connectivity index (χ0n) is 6.66. The van der Waals surface area contributed by atoms with Gasteiger partial charge in [0.1, 0.15) is 5.75 Å². The molecule has 0 radical (unpaired) electrons. The first-order valence-electron chi connectivity index (χ1n) is 3.51. The third-order valence-electron chi connectivity index (χ3n) is 1.53. The molecule has 0 bridgehead atoms. The van der Waals surface area contributed by atoms with E-state index in [4.69, 9.17) is 4.74 Å². The lowest BCUT2D eigenvalue weighted by atomic mass is 10.1. The fourth-order valence-electron chi connectivity index (χ4n) is 0.892. The van der Waals surface area contributed by atoms with E-state index >= 15 is 0 Å². The van der Waals surface area contributed by atoms with Gasteiger partial charge in [0, 0.05) is 0 Å². The normalized spacial score (nSPS) is 12.2. The van der Waals surface area contributed by atoms with E-state index in [-0.39, 0.29) is 6.29 Å². The Morgan fingerprint density at radius 3 is 2.92 bits per heavy atom. The number of hydrogen-bond acceptors (Lipinski definition) is 2. The molecule has 0 aliphatic heterocycles. The predicted octanol–water partition coefficient (Wildman–Crippen LogP) is 1.90. The summed E-state index contributed by atoms with van der Waals surface area (Å²) in [6, 6.07) is 6.38. The number of carbonyl (C=O) groups is 1. The van der Waals surface area contributed by atoms with Gasteiger partial charge < -0.3 is 4.74 Å². The van der Waals surface area contributed by atoms with Gasteiger partial charge in [0.25, 0.3) is 0 Å². The molecular weight excluding hydrogens is 159 g/mol. The monoisotopic (exact) mass is 168 g/mol. The molecule has 0 saturated carbocycles. The molecule has 0 aromatic heterocycles. The number of benzene rings is 1. The Morgan fingerprint density at radius 2 is 2.33 bits per heavy atom. The smallest absolute Gasteiger partial charge is 0.180 e. The maximum Gasteiger partial charge on any atom is 0.180 e. The van der Waals surface area contributed by atoms with E-state index in [1.165, 1.54) is 13.2 Å². The van der Waals surface area contributed by atoms with Gasteiger partial charge in [-0.25, -0.2) is 4.39 Å². The van der Waals surface area contributed by atoms with Gasteiger partial charge in [0.15, 0.2) is 12.5 Å². The number of hydrogen-bond donors (Lipinski definition) is 0. The van der Waals surface area contributed by atoms with E-state index in [0.29, 0.717) is 11.3 Å². The molecule has 0 amide bonds. The topological polar surface area (TPSA) is 26.3 Å². The zero-order valence-corrected chi connectivity index (χ0v) is 6.66. The average molecular weight is 168 g/mol. The van der Waals surface area contributed by atoms with Gasteiger partial charge in [0.2, 0.25) is 0 Å². The summed E-state index contributed by atoms with van der Waals surface area (Å²) in [6.07, 6.45) is -1.30. The largest absolute Gasteiger partial charge is 0.497 e. The predicted molar refractivity (Wildman–Crippen MR) is 42.9 cm³/mol. The van der Waals surface area contributed by atoms with Gasteiger partial charge in [0.05, 0.1) is 7.11 Å². The van der Waals surface area contributed by atoms with Crippen LogP contribution in [0.5, 0.6) is 5.75 Å². The Labute approximate surface area is 70.0 Å². The molecule has 1 atom stereocenters. The van der Waals surface area contributed by atoms with Gasteiger partial charge >= 0.3 is 0 Å². The maximum absolute atomic E-state index is 12.8. The average Bonchev–Trinajstić information content (AvgIpc) is 2.17. The Hall–Kier alpha value is -1.38. The summed E-state index contributed by atoms with van der Waals surface area (Å²) in [7, 11) is 1.49. The molecule has 0 spiro atoms. The van der Waals surface area contributed by atoms with E-state index in [1.807, 2.05) is 0 Å². The lowest BCUT2D eigenvalue weighted by molar-refractivity contribution is -0.112. The molecule has 3 heteroatoms. The Balaban J connectivity index is 2.93. The molecule has 2 nitrogen and oxygen atoms in total.